The number of esters is 1. The van der Waals surface area contributed by atoms with Crippen molar-refractivity contribution in [3.8, 4) is 11.5 Å². The molecule has 0 saturated heterocycles. The van der Waals surface area contributed by atoms with Gasteiger partial charge in [-0.25, -0.2) is 4.79 Å². The molecule has 0 spiro atoms. The lowest BCUT2D eigenvalue weighted by Crippen LogP contribution is -2.04. The Bertz CT molecular complexity index is 361. The summed E-state index contributed by atoms with van der Waals surface area (Å²) in [5, 5.41) is 0. The summed E-state index contributed by atoms with van der Waals surface area (Å²) >= 11 is 0. The van der Waals surface area contributed by atoms with Gasteiger partial charge in [-0.2, -0.15) is 0 Å². The predicted octanol–water partition coefficient (Wildman–Crippen LogP) is 1.46. The summed E-state index contributed by atoms with van der Waals surface area (Å²) in [6.45, 7) is 0.119. The molecule has 0 aliphatic carbocycles. The van der Waals surface area contributed by atoms with Gasteiger partial charge in [-0.3, -0.25) is 0 Å². The average Bonchev–Trinajstić information content (AvgIpc) is 2.35. The second kappa shape index (κ2) is 5.97. The molecule has 0 saturated carbocycles. The van der Waals surface area contributed by atoms with Crippen molar-refractivity contribution in [1.82, 2.24) is 0 Å². The molecule has 1 rings (SSSR count). The smallest absolute Gasteiger partial charge is 0.337 e. The van der Waals surface area contributed by atoms with Crippen molar-refractivity contribution < 1.29 is 23.7 Å². The van der Waals surface area contributed by atoms with E-state index < -0.39 is 5.97 Å². The normalized spacial score (nSPS) is 9.69. The van der Waals surface area contributed by atoms with Gasteiger partial charge in [-0.1, -0.05) is 0 Å². The minimum atomic E-state index is -0.420. The van der Waals surface area contributed by atoms with Crippen LogP contribution in [-0.2, 0) is 9.47 Å². The van der Waals surface area contributed by atoms with Gasteiger partial charge in [0, 0.05) is 7.11 Å². The third-order valence-corrected chi connectivity index (χ3v) is 1.92. The first-order valence-electron chi connectivity index (χ1n) is 4.61. The van der Waals surface area contributed by atoms with E-state index in [-0.39, 0.29) is 6.79 Å². The lowest BCUT2D eigenvalue weighted by molar-refractivity contribution is 0.0490. The molecule has 0 N–H and O–H groups in total. The summed E-state index contributed by atoms with van der Waals surface area (Å²) in [6.07, 6.45) is 0. The van der Waals surface area contributed by atoms with E-state index >= 15 is 0 Å². The lowest BCUT2D eigenvalue weighted by Gasteiger charge is -2.10. The number of carbonyl (C=O) groups excluding carboxylic acids is 1. The topological polar surface area (TPSA) is 54.0 Å². The molecule has 0 aromatic heterocycles. The first-order valence-corrected chi connectivity index (χ1v) is 4.61. The Morgan fingerprint density at radius 3 is 2.50 bits per heavy atom. The first kappa shape index (κ1) is 12.3. The molecule has 0 radical (unpaired) electrons. The van der Waals surface area contributed by atoms with Gasteiger partial charge < -0.3 is 18.9 Å². The second-order valence-electron chi connectivity index (χ2n) is 2.91. The van der Waals surface area contributed by atoms with Gasteiger partial charge in [-0.05, 0) is 18.2 Å². The van der Waals surface area contributed by atoms with Crippen molar-refractivity contribution in [2.24, 2.45) is 0 Å². The SMILES string of the molecule is COCOc1ccc(C(=O)OC)cc1OC. The molecule has 5 heteroatoms. The van der Waals surface area contributed by atoms with E-state index in [1.54, 1.807) is 18.2 Å². The van der Waals surface area contributed by atoms with E-state index in [4.69, 9.17) is 14.2 Å². The van der Waals surface area contributed by atoms with Crippen LogP contribution in [0.5, 0.6) is 11.5 Å². The van der Waals surface area contributed by atoms with Crippen molar-refractivity contribution in [3.63, 3.8) is 0 Å². The van der Waals surface area contributed by atoms with Gasteiger partial charge in [0.25, 0.3) is 0 Å². The summed E-state index contributed by atoms with van der Waals surface area (Å²) in [6, 6.07) is 4.78. The summed E-state index contributed by atoms with van der Waals surface area (Å²) < 4.78 is 19.7. The minimum Gasteiger partial charge on any atom is -0.493 e. The van der Waals surface area contributed by atoms with Crippen LogP contribution in [0.2, 0.25) is 0 Å². The van der Waals surface area contributed by atoms with E-state index in [1.807, 2.05) is 0 Å². The van der Waals surface area contributed by atoms with Gasteiger partial charge in [0.1, 0.15) is 0 Å². The molecular weight excluding hydrogens is 212 g/mol. The highest BCUT2D eigenvalue weighted by molar-refractivity contribution is 5.90. The summed E-state index contributed by atoms with van der Waals surface area (Å²) in [5.74, 6) is 0.550. The third-order valence-electron chi connectivity index (χ3n) is 1.92. The maximum absolute atomic E-state index is 11.3. The van der Waals surface area contributed by atoms with Gasteiger partial charge in [-0.15, -0.1) is 0 Å². The van der Waals surface area contributed by atoms with Crippen LogP contribution in [0.25, 0.3) is 0 Å². The number of benzene rings is 1. The fourth-order valence-electron chi connectivity index (χ4n) is 1.15. The summed E-state index contributed by atoms with van der Waals surface area (Å²) in [5.41, 5.74) is 0.407. The van der Waals surface area contributed by atoms with Crippen LogP contribution in [0, 0.1) is 0 Å². The minimum absolute atomic E-state index is 0.119. The Hall–Kier alpha value is -1.75. The highest BCUT2D eigenvalue weighted by atomic mass is 16.7. The van der Waals surface area contributed by atoms with E-state index in [0.29, 0.717) is 17.1 Å². The van der Waals surface area contributed by atoms with Crippen molar-refractivity contribution in [1.29, 1.82) is 0 Å². The van der Waals surface area contributed by atoms with Crippen LogP contribution < -0.4 is 9.47 Å². The number of hydrogen-bond acceptors (Lipinski definition) is 5. The molecule has 0 atom stereocenters. The maximum atomic E-state index is 11.3. The van der Waals surface area contributed by atoms with Crippen LogP contribution in [0.3, 0.4) is 0 Å². The van der Waals surface area contributed by atoms with Crippen molar-refractivity contribution >= 4 is 5.97 Å². The van der Waals surface area contributed by atoms with E-state index in [2.05, 4.69) is 4.74 Å². The molecule has 0 aliphatic rings. The van der Waals surface area contributed by atoms with Crippen molar-refractivity contribution in [2.75, 3.05) is 28.1 Å². The standard InChI is InChI=1S/C11H14O5/c1-13-7-16-9-5-4-8(11(12)15-3)6-10(9)14-2/h4-6H,7H2,1-3H3. The first-order chi connectivity index (χ1) is 7.72. The lowest BCUT2D eigenvalue weighted by atomic mass is 10.2. The molecule has 1 aromatic carbocycles. The number of ether oxygens (including phenoxy) is 4. The zero-order valence-electron chi connectivity index (χ0n) is 9.48. The van der Waals surface area contributed by atoms with Crippen molar-refractivity contribution in [2.45, 2.75) is 0 Å². The largest absolute Gasteiger partial charge is 0.493 e. The van der Waals surface area contributed by atoms with Gasteiger partial charge in [0.15, 0.2) is 18.3 Å². The Morgan fingerprint density at radius 1 is 1.19 bits per heavy atom. The molecule has 16 heavy (non-hydrogen) atoms. The van der Waals surface area contributed by atoms with Crippen LogP contribution in [0.4, 0.5) is 0 Å². The Balaban J connectivity index is 2.92. The summed E-state index contributed by atoms with van der Waals surface area (Å²) in [4.78, 5) is 11.3. The Morgan fingerprint density at radius 2 is 1.94 bits per heavy atom. The molecule has 0 unspecified atom stereocenters. The zero-order valence-corrected chi connectivity index (χ0v) is 9.48. The van der Waals surface area contributed by atoms with Crippen LogP contribution in [0.1, 0.15) is 10.4 Å². The maximum Gasteiger partial charge on any atom is 0.337 e. The fraction of sp³-hybridized carbons (Fsp3) is 0.364. The predicted molar refractivity (Wildman–Crippen MR) is 56.8 cm³/mol. The highest BCUT2D eigenvalue weighted by Crippen LogP contribution is 2.28. The quantitative estimate of drug-likeness (QED) is 0.562. The molecule has 1 aromatic rings. The second-order valence-corrected chi connectivity index (χ2v) is 2.91. The van der Waals surface area contributed by atoms with Gasteiger partial charge in [0.05, 0.1) is 19.8 Å². The molecule has 5 nitrogen and oxygen atoms in total. The van der Waals surface area contributed by atoms with Gasteiger partial charge >= 0.3 is 5.97 Å². The van der Waals surface area contributed by atoms with Crippen molar-refractivity contribution in [3.05, 3.63) is 23.8 Å². The molecule has 88 valence electrons. The monoisotopic (exact) mass is 226 g/mol. The molecule has 0 fully saturated rings. The Kier molecular flexibility index (Phi) is 4.60. The number of carbonyl (C=O) groups is 1. The summed E-state index contributed by atoms with van der Waals surface area (Å²) in [7, 11) is 4.34. The van der Waals surface area contributed by atoms with Crippen LogP contribution in [-0.4, -0.2) is 34.1 Å². The van der Waals surface area contributed by atoms with E-state index in [9.17, 15) is 4.79 Å². The Labute approximate surface area is 93.9 Å². The zero-order chi connectivity index (χ0) is 12.0. The third kappa shape index (κ3) is 2.87. The van der Waals surface area contributed by atoms with Crippen LogP contribution in [0.15, 0.2) is 18.2 Å². The highest BCUT2D eigenvalue weighted by Gasteiger charge is 2.10. The molecule has 0 amide bonds. The molecule has 0 aliphatic heterocycles. The number of rotatable bonds is 5. The average molecular weight is 226 g/mol. The van der Waals surface area contributed by atoms with Crippen LogP contribution >= 0.6 is 0 Å². The molecule has 0 bridgehead atoms. The fourth-order valence-corrected chi connectivity index (χ4v) is 1.15. The molecular formula is C11H14O5. The van der Waals surface area contributed by atoms with Gasteiger partial charge in [0.2, 0.25) is 0 Å². The number of hydrogen-bond donors (Lipinski definition) is 0. The number of methoxy groups -OCH3 is 3. The molecule has 0 heterocycles. The van der Waals surface area contributed by atoms with E-state index in [0.717, 1.165) is 0 Å². The van der Waals surface area contributed by atoms with E-state index in [1.165, 1.54) is 21.3 Å².